The van der Waals surface area contributed by atoms with Crippen LogP contribution < -0.4 is 29.4 Å². The molecule has 142 heavy (non-hydrogen) atoms. The van der Waals surface area contributed by atoms with Crippen molar-refractivity contribution in [1.29, 1.82) is 0 Å². The molecule has 688 valence electrons. The highest BCUT2D eigenvalue weighted by molar-refractivity contribution is 5.98. The van der Waals surface area contributed by atoms with Gasteiger partial charge in [-0.2, -0.15) is 0 Å². The van der Waals surface area contributed by atoms with Gasteiger partial charge in [-0.3, -0.25) is 0 Å². The first-order chi connectivity index (χ1) is 70.0. The maximum absolute atomic E-state index is 2.37. The topological polar surface area (TPSA) is 19.4 Å². The number of anilines is 18. The van der Waals surface area contributed by atoms with E-state index in [1.165, 1.54) is 103 Å². The summed E-state index contributed by atoms with van der Waals surface area (Å²) in [7, 11) is 0. The average molecular weight is 1830 g/mol. The number of nitrogens with zero attached hydrogens (tertiary/aromatic N) is 6. The quantitative estimate of drug-likeness (QED) is 0.0564. The van der Waals surface area contributed by atoms with Gasteiger partial charge in [-0.25, -0.2) is 0 Å². The lowest BCUT2D eigenvalue weighted by Gasteiger charge is -2.29. The third kappa shape index (κ3) is 19.8. The molecule has 0 radical (unpaired) electrons. The SMILES string of the molecule is CCC(C)c1ccc(N(c2ccc(N(c3ccc(-c4ccccc4)cc3)c3ccc4ccccc4c3)cc2)c2ccc3ccccc3c2)cc1.CCC(C)c1ccc(N(c2ccc(N(c3ccc4ccccc4c3)c3ccc4ccccc4c3)cc2)c2ccc3ccccc3c2)cc1.CCC(C)c1ccc(N(c2ccc(N(c3ccccc3)c3ccc4ccccc4c3)cc2)c2ccc3ccccc3c2)cc1. The smallest absolute Gasteiger partial charge is 0.0468 e. The van der Waals surface area contributed by atoms with Crippen LogP contribution in [-0.4, -0.2) is 0 Å². The number of hydrogen-bond acceptors (Lipinski definition) is 6. The highest BCUT2D eigenvalue weighted by Crippen LogP contribution is 2.48. The van der Waals surface area contributed by atoms with Crippen molar-refractivity contribution in [3.8, 4) is 11.1 Å². The molecule has 0 N–H and O–H groups in total. The van der Waals surface area contributed by atoms with Crippen molar-refractivity contribution in [3.05, 3.63) is 544 Å². The van der Waals surface area contributed by atoms with E-state index in [2.05, 4.69) is 599 Å². The minimum atomic E-state index is 0.528. The summed E-state index contributed by atoms with van der Waals surface area (Å²) >= 11 is 0. The highest BCUT2D eigenvalue weighted by Gasteiger charge is 2.24. The lowest BCUT2D eigenvalue weighted by atomic mass is 9.98. The van der Waals surface area contributed by atoms with Crippen LogP contribution in [0.25, 0.3) is 86.5 Å². The Balaban J connectivity index is 0.000000126. The predicted octanol–water partition coefficient (Wildman–Crippen LogP) is 40.2. The summed E-state index contributed by atoms with van der Waals surface area (Å²) in [5, 5.41) is 17.2. The third-order valence-corrected chi connectivity index (χ3v) is 28.3. The summed E-state index contributed by atoms with van der Waals surface area (Å²) < 4.78 is 0. The number of para-hydroxylation sites is 1. The van der Waals surface area contributed by atoms with Gasteiger partial charge in [0.25, 0.3) is 0 Å². The van der Waals surface area contributed by atoms with Crippen LogP contribution in [0.5, 0.6) is 0 Å². The predicted molar refractivity (Wildman–Crippen MR) is 612 cm³/mol. The van der Waals surface area contributed by atoms with Crippen molar-refractivity contribution in [2.24, 2.45) is 0 Å². The molecule has 0 heterocycles. The molecule has 0 aliphatic carbocycles. The molecule has 0 bridgehead atoms. The minimum absolute atomic E-state index is 0.528. The van der Waals surface area contributed by atoms with Gasteiger partial charge in [0, 0.05) is 102 Å². The molecule has 0 aliphatic rings. The van der Waals surface area contributed by atoms with Crippen molar-refractivity contribution < 1.29 is 0 Å². The second kappa shape index (κ2) is 41.9. The van der Waals surface area contributed by atoms with E-state index < -0.39 is 0 Å². The molecule has 23 aromatic rings. The number of rotatable bonds is 25. The van der Waals surface area contributed by atoms with Gasteiger partial charge >= 0.3 is 0 Å². The van der Waals surface area contributed by atoms with Gasteiger partial charge in [0.15, 0.2) is 0 Å². The Labute approximate surface area is 835 Å². The zero-order chi connectivity index (χ0) is 96.2. The summed E-state index contributed by atoms with van der Waals surface area (Å²) in [6.45, 7) is 13.6. The Morgan fingerprint density at radius 1 is 0.127 bits per heavy atom. The molecule has 0 amide bonds. The molecule has 6 heteroatoms. The Hall–Kier alpha value is -17.3. The van der Waals surface area contributed by atoms with E-state index in [9.17, 15) is 0 Å². The van der Waals surface area contributed by atoms with Crippen molar-refractivity contribution >= 4 is 178 Å². The van der Waals surface area contributed by atoms with Gasteiger partial charge < -0.3 is 29.4 Å². The van der Waals surface area contributed by atoms with Crippen molar-refractivity contribution in [2.75, 3.05) is 29.4 Å². The average Bonchev–Trinajstić information content (AvgIpc) is 0.794. The highest BCUT2D eigenvalue weighted by atomic mass is 15.2. The van der Waals surface area contributed by atoms with Crippen molar-refractivity contribution in [2.45, 2.75) is 78.6 Å². The first-order valence-electron chi connectivity index (χ1n) is 50.0. The minimum Gasteiger partial charge on any atom is -0.310 e. The first kappa shape index (κ1) is 91.1. The van der Waals surface area contributed by atoms with Crippen LogP contribution in [0.1, 0.15) is 95.2 Å². The fourth-order valence-corrected chi connectivity index (χ4v) is 19.7. The second-order valence-corrected chi connectivity index (χ2v) is 37.2. The van der Waals surface area contributed by atoms with E-state index in [1.54, 1.807) is 0 Å². The summed E-state index contributed by atoms with van der Waals surface area (Å²) in [5.74, 6) is 1.60. The fraction of sp³-hybridized carbons (Fsp3) is 0.0882. The van der Waals surface area contributed by atoms with E-state index in [4.69, 9.17) is 0 Å². The maximum Gasteiger partial charge on any atom is 0.0468 e. The lowest BCUT2D eigenvalue weighted by molar-refractivity contribution is 0.733. The Morgan fingerprint density at radius 3 is 0.451 bits per heavy atom. The van der Waals surface area contributed by atoms with Gasteiger partial charge in [-0.15, -0.1) is 0 Å². The number of hydrogen-bond donors (Lipinski definition) is 0. The Kier molecular flexibility index (Phi) is 26.9. The zero-order valence-electron chi connectivity index (χ0n) is 81.3. The second-order valence-electron chi connectivity index (χ2n) is 37.2. The molecule has 0 aliphatic heterocycles. The molecule has 0 saturated heterocycles. The van der Waals surface area contributed by atoms with E-state index >= 15 is 0 Å². The van der Waals surface area contributed by atoms with Crippen molar-refractivity contribution in [3.63, 3.8) is 0 Å². The Bertz CT molecular complexity index is 8200. The van der Waals surface area contributed by atoms with Gasteiger partial charge in [-0.1, -0.05) is 351 Å². The molecule has 0 fully saturated rings. The molecule has 0 aromatic heterocycles. The molecule has 0 spiro atoms. The van der Waals surface area contributed by atoms with Gasteiger partial charge in [0.2, 0.25) is 0 Å². The Morgan fingerprint density at radius 2 is 0.261 bits per heavy atom. The largest absolute Gasteiger partial charge is 0.310 e. The fourth-order valence-electron chi connectivity index (χ4n) is 19.7. The normalized spacial score (nSPS) is 11.9. The monoisotopic (exact) mass is 1830 g/mol. The van der Waals surface area contributed by atoms with Gasteiger partial charge in [-0.05, 0) is 359 Å². The van der Waals surface area contributed by atoms with Crippen molar-refractivity contribution in [1.82, 2.24) is 0 Å². The molecule has 23 aromatic carbocycles. The zero-order valence-corrected chi connectivity index (χ0v) is 81.3. The van der Waals surface area contributed by atoms with Gasteiger partial charge in [0.05, 0.1) is 0 Å². The van der Waals surface area contributed by atoms with E-state index in [-0.39, 0.29) is 0 Å². The molecular weight excluding hydrogens is 1720 g/mol. The molecule has 0 saturated carbocycles. The summed E-state index contributed by atoms with van der Waals surface area (Å²) in [6.07, 6.45) is 3.38. The number of fused-ring (bicyclic) bond motifs is 7. The van der Waals surface area contributed by atoms with Crippen LogP contribution in [0, 0.1) is 0 Å². The van der Waals surface area contributed by atoms with Crippen LogP contribution >= 0.6 is 0 Å². The summed E-state index contributed by atoms with van der Waals surface area (Å²) in [6, 6.07) is 191. The van der Waals surface area contributed by atoms with E-state index in [0.717, 1.165) is 122 Å². The summed E-state index contributed by atoms with van der Waals surface area (Å²) in [4.78, 5) is 14.1. The van der Waals surface area contributed by atoms with Crippen LogP contribution in [-0.2, 0) is 0 Å². The first-order valence-corrected chi connectivity index (χ1v) is 50.0. The standard InChI is InChI=1S/C48H40N2.C46H38N2.C42H36N2/c1-3-35(2)36-17-23-43(24-18-36)49(47-27-21-38-13-7-9-15-41(38)33-47)45-29-31-46(32-30-45)50(48-28-22-39-14-8-10-16-42(39)34-48)44-25-19-40(20-26-44)37-11-5-4-6-12-37;1-3-33(2)34-16-21-41(22-17-34)47(44-23-18-35-10-4-7-13-38(35)30-44)42-26-28-43(29-27-42)48(45-24-19-36-11-5-8-14-39(36)31-45)46-25-20-37-12-6-9-15-40(37)32-46;1-3-31(2)32-17-21-38(22-18-32)44(42-24-20-34-12-8-10-14-36(34)30-42)40-27-25-39(26-28-40)43(37-15-5-4-6-16-37)41-23-19-33-11-7-9-13-35(33)29-41/h4-35H,3H2,1-2H3;4-33H,3H2,1-2H3;4-31H,3H2,1-2H3. The van der Waals surface area contributed by atoms with E-state index in [0.29, 0.717) is 17.8 Å². The van der Waals surface area contributed by atoms with E-state index in [1.807, 2.05) is 0 Å². The maximum atomic E-state index is 2.37. The summed E-state index contributed by atoms with van der Waals surface area (Å²) in [5.41, 5.74) is 26.8. The third-order valence-electron chi connectivity index (χ3n) is 28.3. The molecular formula is C136H114N6. The van der Waals surface area contributed by atoms with Crippen LogP contribution in [0.15, 0.2) is 528 Å². The van der Waals surface area contributed by atoms with Crippen LogP contribution in [0.4, 0.5) is 102 Å². The van der Waals surface area contributed by atoms with Crippen LogP contribution in [0.2, 0.25) is 0 Å². The number of benzene rings is 23. The van der Waals surface area contributed by atoms with Crippen LogP contribution in [0.3, 0.4) is 0 Å². The lowest BCUT2D eigenvalue weighted by Crippen LogP contribution is -2.12. The molecule has 23 rings (SSSR count). The molecule has 3 atom stereocenters. The molecule has 6 nitrogen and oxygen atoms in total. The van der Waals surface area contributed by atoms with Gasteiger partial charge in [0.1, 0.15) is 0 Å². The molecule has 3 unspecified atom stereocenters.